The minimum absolute atomic E-state index is 0.0847. The number of nitrogens with one attached hydrogen (secondary N) is 1. The number of aliphatic carboxylic acids is 1. The normalized spacial score (nSPS) is 13.9. The molecule has 1 rings (SSSR count). The summed E-state index contributed by atoms with van der Waals surface area (Å²) in [5.74, 6) is -0.877. The maximum absolute atomic E-state index is 11.9. The molecule has 0 aliphatic rings. The second-order valence-electron chi connectivity index (χ2n) is 4.75. The summed E-state index contributed by atoms with van der Waals surface area (Å²) in [7, 11) is 0. The first-order valence-electron chi connectivity index (χ1n) is 6.30. The molecule has 0 radical (unpaired) electrons. The molecule has 1 amide bonds. The molecule has 0 saturated carbocycles. The lowest BCUT2D eigenvalue weighted by Crippen LogP contribution is -2.45. The van der Waals surface area contributed by atoms with Crippen LogP contribution in [0.2, 0.25) is 0 Å². The van der Waals surface area contributed by atoms with Crippen LogP contribution in [0.15, 0.2) is 4.52 Å². The van der Waals surface area contributed by atoms with E-state index in [4.69, 9.17) is 9.63 Å². The lowest BCUT2D eigenvalue weighted by Gasteiger charge is -2.20. The Morgan fingerprint density at radius 1 is 1.42 bits per heavy atom. The van der Waals surface area contributed by atoms with Gasteiger partial charge in [0.05, 0.1) is 12.1 Å². The molecule has 1 heterocycles. The number of hydrogen-bond donors (Lipinski definition) is 2. The maximum atomic E-state index is 11.9. The SMILES string of the molecule is CC[C@H](C)[C@H](NC(=O)Cc1c(C)noc1C)C(=O)O. The summed E-state index contributed by atoms with van der Waals surface area (Å²) in [5, 5.41) is 15.4. The van der Waals surface area contributed by atoms with Crippen LogP contribution in [-0.4, -0.2) is 28.2 Å². The predicted octanol–water partition coefficient (Wildman–Crippen LogP) is 1.45. The van der Waals surface area contributed by atoms with Crippen molar-refractivity contribution >= 4 is 11.9 Å². The van der Waals surface area contributed by atoms with Gasteiger partial charge in [0.25, 0.3) is 0 Å². The third-order valence-corrected chi connectivity index (χ3v) is 3.31. The van der Waals surface area contributed by atoms with Crippen LogP contribution in [0, 0.1) is 19.8 Å². The highest BCUT2D eigenvalue weighted by Crippen LogP contribution is 2.14. The summed E-state index contributed by atoms with van der Waals surface area (Å²) < 4.78 is 4.97. The van der Waals surface area contributed by atoms with E-state index in [-0.39, 0.29) is 18.2 Å². The quantitative estimate of drug-likeness (QED) is 0.814. The van der Waals surface area contributed by atoms with Gasteiger partial charge in [-0.15, -0.1) is 0 Å². The van der Waals surface area contributed by atoms with Gasteiger partial charge >= 0.3 is 5.97 Å². The molecule has 0 spiro atoms. The molecule has 0 saturated heterocycles. The smallest absolute Gasteiger partial charge is 0.326 e. The summed E-state index contributed by atoms with van der Waals surface area (Å²) in [4.78, 5) is 23.0. The van der Waals surface area contributed by atoms with Crippen LogP contribution in [0.1, 0.15) is 37.3 Å². The number of hydrogen-bond acceptors (Lipinski definition) is 4. The van der Waals surface area contributed by atoms with E-state index in [9.17, 15) is 9.59 Å². The van der Waals surface area contributed by atoms with Gasteiger partial charge in [-0.3, -0.25) is 4.79 Å². The standard InChI is InChI=1S/C13H20N2O4/c1-5-7(2)12(13(17)18)14-11(16)6-10-8(3)15-19-9(10)4/h7,12H,5-6H2,1-4H3,(H,14,16)(H,17,18)/t7-,12-/m0/s1. The van der Waals surface area contributed by atoms with Gasteiger partial charge < -0.3 is 14.9 Å². The largest absolute Gasteiger partial charge is 0.480 e. The zero-order chi connectivity index (χ0) is 14.6. The van der Waals surface area contributed by atoms with Gasteiger partial charge in [0, 0.05) is 5.56 Å². The van der Waals surface area contributed by atoms with Gasteiger partial charge in [0.2, 0.25) is 5.91 Å². The summed E-state index contributed by atoms with van der Waals surface area (Å²) in [5.41, 5.74) is 1.37. The first kappa shape index (κ1) is 15.2. The van der Waals surface area contributed by atoms with Crippen molar-refractivity contribution in [2.75, 3.05) is 0 Å². The first-order valence-corrected chi connectivity index (χ1v) is 6.30. The number of aryl methyl sites for hydroxylation is 2. The van der Waals surface area contributed by atoms with Gasteiger partial charge in [-0.25, -0.2) is 4.79 Å². The minimum atomic E-state index is -1.01. The van der Waals surface area contributed by atoms with Gasteiger partial charge in [-0.1, -0.05) is 25.4 Å². The molecule has 2 atom stereocenters. The molecule has 6 nitrogen and oxygen atoms in total. The number of nitrogens with zero attached hydrogens (tertiary/aromatic N) is 1. The fourth-order valence-electron chi connectivity index (χ4n) is 1.82. The Morgan fingerprint density at radius 3 is 2.47 bits per heavy atom. The van der Waals surface area contributed by atoms with E-state index in [0.29, 0.717) is 23.4 Å². The highest BCUT2D eigenvalue weighted by Gasteiger charge is 2.26. The molecule has 0 aliphatic carbocycles. The van der Waals surface area contributed by atoms with E-state index in [1.54, 1.807) is 20.8 Å². The van der Waals surface area contributed by atoms with Crippen molar-refractivity contribution in [2.45, 2.75) is 46.6 Å². The van der Waals surface area contributed by atoms with Gasteiger partial charge in [-0.2, -0.15) is 0 Å². The lowest BCUT2D eigenvalue weighted by molar-refractivity contribution is -0.143. The van der Waals surface area contributed by atoms with Crippen molar-refractivity contribution < 1.29 is 19.2 Å². The third-order valence-electron chi connectivity index (χ3n) is 3.31. The second-order valence-corrected chi connectivity index (χ2v) is 4.75. The highest BCUT2D eigenvalue weighted by atomic mass is 16.5. The number of carbonyl (C=O) groups is 2. The van der Waals surface area contributed by atoms with Gasteiger partial charge in [-0.05, 0) is 19.8 Å². The van der Waals surface area contributed by atoms with Crippen molar-refractivity contribution in [3.8, 4) is 0 Å². The summed E-state index contributed by atoms with van der Waals surface area (Å²) in [6, 6.07) is -0.863. The molecule has 1 aromatic rings. The Balaban J connectivity index is 2.71. The summed E-state index contributed by atoms with van der Waals surface area (Å²) in [6.45, 7) is 7.17. The number of amides is 1. The van der Waals surface area contributed by atoms with Crippen LogP contribution in [0.25, 0.3) is 0 Å². The Kier molecular flexibility index (Phi) is 5.09. The third kappa shape index (κ3) is 3.81. The van der Waals surface area contributed by atoms with Gasteiger partial charge in [0.1, 0.15) is 11.8 Å². The van der Waals surface area contributed by atoms with E-state index in [2.05, 4.69) is 10.5 Å². The predicted molar refractivity (Wildman–Crippen MR) is 68.7 cm³/mol. The van der Waals surface area contributed by atoms with Crippen LogP contribution in [0.5, 0.6) is 0 Å². The molecule has 106 valence electrons. The van der Waals surface area contributed by atoms with Crippen LogP contribution >= 0.6 is 0 Å². The van der Waals surface area contributed by atoms with Crippen molar-refractivity contribution in [3.63, 3.8) is 0 Å². The lowest BCUT2D eigenvalue weighted by atomic mass is 9.99. The average molecular weight is 268 g/mol. The molecule has 0 aromatic carbocycles. The molecule has 0 unspecified atom stereocenters. The van der Waals surface area contributed by atoms with Crippen molar-refractivity contribution in [3.05, 3.63) is 17.0 Å². The fourth-order valence-corrected chi connectivity index (χ4v) is 1.82. The molecule has 0 aliphatic heterocycles. The Bertz CT molecular complexity index is 448. The molecule has 6 heteroatoms. The van der Waals surface area contributed by atoms with Crippen molar-refractivity contribution in [2.24, 2.45) is 5.92 Å². The Morgan fingerprint density at radius 2 is 2.05 bits per heavy atom. The molecular formula is C13H20N2O4. The monoisotopic (exact) mass is 268 g/mol. The van der Waals surface area contributed by atoms with E-state index in [0.717, 1.165) is 0 Å². The molecule has 2 N–H and O–H groups in total. The van der Waals surface area contributed by atoms with Crippen LogP contribution in [0.3, 0.4) is 0 Å². The molecule has 1 aromatic heterocycles. The second kappa shape index (κ2) is 6.36. The van der Waals surface area contributed by atoms with E-state index >= 15 is 0 Å². The van der Waals surface area contributed by atoms with Crippen LogP contribution < -0.4 is 5.32 Å². The zero-order valence-electron chi connectivity index (χ0n) is 11.7. The Labute approximate surface area is 112 Å². The average Bonchev–Trinajstić information content (AvgIpc) is 2.66. The molecule has 19 heavy (non-hydrogen) atoms. The van der Waals surface area contributed by atoms with E-state index < -0.39 is 12.0 Å². The van der Waals surface area contributed by atoms with Gasteiger partial charge in [0.15, 0.2) is 0 Å². The highest BCUT2D eigenvalue weighted by molar-refractivity contribution is 5.85. The number of carboxylic acid groups (broad SMARTS) is 1. The Hall–Kier alpha value is -1.85. The summed E-state index contributed by atoms with van der Waals surface area (Å²) in [6.07, 6.45) is 0.768. The van der Waals surface area contributed by atoms with E-state index in [1.807, 2.05) is 6.92 Å². The van der Waals surface area contributed by atoms with Crippen molar-refractivity contribution in [1.82, 2.24) is 10.5 Å². The van der Waals surface area contributed by atoms with Crippen LogP contribution in [0.4, 0.5) is 0 Å². The fraction of sp³-hybridized carbons (Fsp3) is 0.615. The maximum Gasteiger partial charge on any atom is 0.326 e. The minimum Gasteiger partial charge on any atom is -0.480 e. The molecule has 0 bridgehead atoms. The number of aromatic nitrogens is 1. The molecular weight excluding hydrogens is 248 g/mol. The summed E-state index contributed by atoms with van der Waals surface area (Å²) >= 11 is 0. The number of carbonyl (C=O) groups excluding carboxylic acids is 1. The van der Waals surface area contributed by atoms with Crippen molar-refractivity contribution in [1.29, 1.82) is 0 Å². The topological polar surface area (TPSA) is 92.4 Å². The van der Waals surface area contributed by atoms with E-state index in [1.165, 1.54) is 0 Å². The number of rotatable bonds is 6. The van der Waals surface area contributed by atoms with Crippen LogP contribution in [-0.2, 0) is 16.0 Å². The zero-order valence-corrected chi connectivity index (χ0v) is 11.7. The molecule has 0 fully saturated rings. The first-order chi connectivity index (χ1) is 8.86. The number of carboxylic acids is 1.